The van der Waals surface area contributed by atoms with Crippen LogP contribution in [0.3, 0.4) is 0 Å². The molecule has 0 aliphatic heterocycles. The smallest absolute Gasteiger partial charge is 0.333 e. The number of esters is 1. The minimum atomic E-state index is -0.313. The maximum Gasteiger partial charge on any atom is 0.333 e. The van der Waals surface area contributed by atoms with E-state index in [2.05, 4.69) is 20.4 Å². The van der Waals surface area contributed by atoms with Crippen LogP contribution >= 0.6 is 11.8 Å². The number of ether oxygens (including phenoxy) is 1. The first-order valence-corrected chi connectivity index (χ1v) is 6.66. The predicted octanol–water partition coefficient (Wildman–Crippen LogP) is 2.43. The lowest BCUT2D eigenvalue weighted by Gasteiger charge is -2.09. The maximum absolute atomic E-state index is 10.8. The van der Waals surface area contributed by atoms with Gasteiger partial charge in [-0.15, -0.1) is 0 Å². The average molecular weight is 247 g/mol. The lowest BCUT2D eigenvalue weighted by Crippen LogP contribution is -2.20. The molecule has 0 aliphatic carbocycles. The molecule has 0 radical (unpaired) electrons. The first-order chi connectivity index (χ1) is 7.45. The van der Waals surface area contributed by atoms with E-state index < -0.39 is 0 Å². The van der Waals surface area contributed by atoms with Crippen molar-refractivity contribution in [3.8, 4) is 0 Å². The molecule has 0 amide bonds. The van der Waals surface area contributed by atoms with Crippen LogP contribution in [0.5, 0.6) is 0 Å². The Hall–Kier alpha value is -0.480. The lowest BCUT2D eigenvalue weighted by molar-refractivity contribution is -0.139. The number of nitrogens with zero attached hydrogens (tertiary/aromatic N) is 1. The Morgan fingerprint density at radius 2 is 1.81 bits per heavy atom. The number of hydrogen-bond acceptors (Lipinski definition) is 4. The van der Waals surface area contributed by atoms with Crippen LogP contribution in [0.4, 0.5) is 0 Å². The van der Waals surface area contributed by atoms with Gasteiger partial charge in [-0.1, -0.05) is 20.4 Å². The second-order valence-electron chi connectivity index (χ2n) is 3.50. The summed E-state index contributed by atoms with van der Waals surface area (Å²) in [6.07, 6.45) is 0. The lowest BCUT2D eigenvalue weighted by atomic mass is 10.4. The van der Waals surface area contributed by atoms with Gasteiger partial charge in [-0.2, -0.15) is 11.8 Å². The van der Waals surface area contributed by atoms with Crippen LogP contribution in [0.1, 0.15) is 20.8 Å². The standard InChI is InChI=1S/C8H15NO2.C4H10S/c1-7(2)8(10)11-6-5-9(3)4;1-3-5-4-2/h1,5-6H2,2-4H3;3-4H2,1-2H3. The molecule has 96 valence electrons. The van der Waals surface area contributed by atoms with Crippen LogP contribution in [0.2, 0.25) is 0 Å². The quantitative estimate of drug-likeness (QED) is 0.532. The van der Waals surface area contributed by atoms with Gasteiger partial charge in [0.2, 0.25) is 0 Å². The minimum Gasteiger partial charge on any atom is -0.461 e. The fourth-order valence-electron chi connectivity index (χ4n) is 0.648. The van der Waals surface area contributed by atoms with E-state index in [0.29, 0.717) is 12.2 Å². The summed E-state index contributed by atoms with van der Waals surface area (Å²) in [6, 6.07) is 0. The molecule has 0 unspecified atom stereocenters. The molecule has 4 heteroatoms. The van der Waals surface area contributed by atoms with E-state index in [-0.39, 0.29) is 5.97 Å². The van der Waals surface area contributed by atoms with Gasteiger partial charge in [-0.25, -0.2) is 4.79 Å². The summed E-state index contributed by atoms with van der Waals surface area (Å²) in [5.74, 6) is 2.21. The van der Waals surface area contributed by atoms with Crippen molar-refractivity contribution in [1.82, 2.24) is 4.90 Å². The van der Waals surface area contributed by atoms with Gasteiger partial charge in [0.05, 0.1) is 0 Å². The van der Waals surface area contributed by atoms with Crippen molar-refractivity contribution in [3.63, 3.8) is 0 Å². The van der Waals surface area contributed by atoms with Crippen molar-refractivity contribution in [2.75, 3.05) is 38.8 Å². The van der Waals surface area contributed by atoms with Gasteiger partial charge in [-0.3, -0.25) is 0 Å². The summed E-state index contributed by atoms with van der Waals surface area (Å²) in [4.78, 5) is 12.7. The highest BCUT2D eigenvalue weighted by Crippen LogP contribution is 1.93. The van der Waals surface area contributed by atoms with Crippen molar-refractivity contribution in [2.45, 2.75) is 20.8 Å². The molecule has 0 saturated heterocycles. The van der Waals surface area contributed by atoms with E-state index >= 15 is 0 Å². The van der Waals surface area contributed by atoms with Crippen molar-refractivity contribution >= 4 is 17.7 Å². The second-order valence-corrected chi connectivity index (χ2v) is 5.06. The number of hydrogen-bond donors (Lipinski definition) is 0. The molecule has 0 heterocycles. The van der Waals surface area contributed by atoms with E-state index in [1.807, 2.05) is 30.8 Å². The molecule has 0 spiro atoms. The van der Waals surface area contributed by atoms with Crippen LogP contribution in [0.25, 0.3) is 0 Å². The van der Waals surface area contributed by atoms with Gasteiger partial charge in [0.15, 0.2) is 0 Å². The second kappa shape index (κ2) is 12.6. The van der Waals surface area contributed by atoms with Crippen LogP contribution in [-0.4, -0.2) is 49.6 Å². The summed E-state index contributed by atoms with van der Waals surface area (Å²) in [5.41, 5.74) is 0.448. The number of carbonyl (C=O) groups is 1. The minimum absolute atomic E-state index is 0.313. The molecule has 0 rings (SSSR count). The van der Waals surface area contributed by atoms with Crippen LogP contribution in [-0.2, 0) is 9.53 Å². The van der Waals surface area contributed by atoms with Gasteiger partial charge in [0.1, 0.15) is 6.61 Å². The van der Waals surface area contributed by atoms with Crippen molar-refractivity contribution in [2.24, 2.45) is 0 Å². The number of rotatable bonds is 6. The monoisotopic (exact) mass is 247 g/mol. The van der Waals surface area contributed by atoms with E-state index in [4.69, 9.17) is 4.74 Å². The fourth-order valence-corrected chi connectivity index (χ4v) is 1.06. The topological polar surface area (TPSA) is 29.5 Å². The molecule has 0 aromatic carbocycles. The molecule has 3 nitrogen and oxygen atoms in total. The Kier molecular flexibility index (Phi) is 14.1. The molecule has 0 N–H and O–H groups in total. The predicted molar refractivity (Wildman–Crippen MR) is 73.0 cm³/mol. The molecule has 16 heavy (non-hydrogen) atoms. The van der Waals surface area contributed by atoms with Crippen LogP contribution < -0.4 is 0 Å². The normalized spacial score (nSPS) is 9.38. The van der Waals surface area contributed by atoms with Crippen LogP contribution in [0.15, 0.2) is 12.2 Å². The van der Waals surface area contributed by atoms with E-state index in [0.717, 1.165) is 6.54 Å². The third-order valence-electron chi connectivity index (χ3n) is 1.53. The SMILES string of the molecule is C=C(C)C(=O)OCCN(C)C.CCSCC. The summed E-state index contributed by atoms with van der Waals surface area (Å²) < 4.78 is 4.83. The Bertz CT molecular complexity index is 191. The average Bonchev–Trinajstić information content (AvgIpc) is 2.19. The zero-order chi connectivity index (χ0) is 13.0. The first kappa shape index (κ1) is 17.9. The molecule has 0 atom stereocenters. The molecule has 0 fully saturated rings. The van der Waals surface area contributed by atoms with Crippen LogP contribution in [0, 0.1) is 0 Å². The van der Waals surface area contributed by atoms with Gasteiger partial charge in [0.25, 0.3) is 0 Å². The highest BCUT2D eigenvalue weighted by molar-refractivity contribution is 7.99. The Labute approximate surface area is 104 Å². The molecular weight excluding hydrogens is 222 g/mol. The zero-order valence-electron chi connectivity index (χ0n) is 11.2. The number of carbonyl (C=O) groups excluding carboxylic acids is 1. The summed E-state index contributed by atoms with van der Waals surface area (Å²) in [6.45, 7) is 10.6. The molecule has 0 aromatic rings. The molecule has 0 aliphatic rings. The molecular formula is C12H25NO2S. The van der Waals surface area contributed by atoms with Gasteiger partial charge >= 0.3 is 5.97 Å². The highest BCUT2D eigenvalue weighted by Gasteiger charge is 2.01. The molecule has 0 saturated carbocycles. The first-order valence-electron chi connectivity index (χ1n) is 5.50. The maximum atomic E-state index is 10.8. The number of thioether (sulfide) groups is 1. The summed E-state index contributed by atoms with van der Waals surface area (Å²) in [5, 5.41) is 0. The Morgan fingerprint density at radius 3 is 2.06 bits per heavy atom. The summed E-state index contributed by atoms with van der Waals surface area (Å²) in [7, 11) is 3.85. The van der Waals surface area contributed by atoms with Gasteiger partial charge < -0.3 is 9.64 Å². The van der Waals surface area contributed by atoms with E-state index in [1.54, 1.807) is 6.92 Å². The summed E-state index contributed by atoms with van der Waals surface area (Å²) >= 11 is 1.96. The Morgan fingerprint density at radius 1 is 1.31 bits per heavy atom. The number of likely N-dealkylation sites (N-methyl/N-ethyl adjacent to an activating group) is 1. The van der Waals surface area contributed by atoms with Gasteiger partial charge in [0, 0.05) is 12.1 Å². The van der Waals surface area contributed by atoms with E-state index in [9.17, 15) is 4.79 Å². The Balaban J connectivity index is 0. The van der Waals surface area contributed by atoms with E-state index in [1.165, 1.54) is 11.5 Å². The van der Waals surface area contributed by atoms with Gasteiger partial charge in [-0.05, 0) is 32.5 Å². The van der Waals surface area contributed by atoms with Crippen molar-refractivity contribution in [3.05, 3.63) is 12.2 Å². The zero-order valence-corrected chi connectivity index (χ0v) is 12.0. The van der Waals surface area contributed by atoms with Crippen molar-refractivity contribution in [1.29, 1.82) is 0 Å². The van der Waals surface area contributed by atoms with Crippen molar-refractivity contribution < 1.29 is 9.53 Å². The fraction of sp³-hybridized carbons (Fsp3) is 0.750. The third-order valence-corrected chi connectivity index (χ3v) is 2.34. The largest absolute Gasteiger partial charge is 0.461 e. The highest BCUT2D eigenvalue weighted by atomic mass is 32.2. The third kappa shape index (κ3) is 16.0. The molecule has 0 aromatic heterocycles. The molecule has 0 bridgehead atoms.